The molecule has 4 nitrogen and oxygen atoms in total. The van der Waals surface area contributed by atoms with Gasteiger partial charge in [-0.05, 0) is 49.4 Å². The number of carbonyl (C=O) groups is 1. The Labute approximate surface area is 145 Å². The molecule has 0 bridgehead atoms. The van der Waals surface area contributed by atoms with Crippen LogP contribution in [0.4, 0.5) is 18.9 Å². The second-order valence-corrected chi connectivity index (χ2v) is 5.99. The van der Waals surface area contributed by atoms with Gasteiger partial charge in [0.2, 0.25) is 5.91 Å². The average molecular weight is 367 g/mol. The van der Waals surface area contributed by atoms with Crippen molar-refractivity contribution in [3.05, 3.63) is 23.8 Å². The standard InChI is InChI=1S/C16H21F3N2O2.ClH/c1-10-7-12(5-6-14(10)23-9-16(17,18)19)21-15(22)8-11-3-2-4-13(11)20;/h5-7,11,13H,2-4,8-9,20H2,1H3,(H,21,22);1H/t11-,13+;/m0./s1. The molecule has 2 atom stereocenters. The molecular weight excluding hydrogens is 345 g/mol. The molecule has 0 unspecified atom stereocenters. The van der Waals surface area contributed by atoms with Gasteiger partial charge in [0.25, 0.3) is 0 Å². The number of halogens is 4. The van der Waals surface area contributed by atoms with E-state index in [9.17, 15) is 18.0 Å². The lowest BCUT2D eigenvalue weighted by Crippen LogP contribution is -2.28. The minimum Gasteiger partial charge on any atom is -0.484 e. The van der Waals surface area contributed by atoms with E-state index in [-0.39, 0.29) is 36.0 Å². The highest BCUT2D eigenvalue weighted by Crippen LogP contribution is 2.28. The summed E-state index contributed by atoms with van der Waals surface area (Å²) in [6, 6.07) is 4.63. The predicted octanol–water partition coefficient (Wildman–Crippen LogP) is 3.81. The van der Waals surface area contributed by atoms with Gasteiger partial charge in [0.15, 0.2) is 6.61 Å². The summed E-state index contributed by atoms with van der Waals surface area (Å²) in [5.41, 5.74) is 7.02. The van der Waals surface area contributed by atoms with Crippen LogP contribution < -0.4 is 15.8 Å². The molecule has 1 aromatic rings. The largest absolute Gasteiger partial charge is 0.484 e. The van der Waals surface area contributed by atoms with Crippen molar-refractivity contribution in [3.63, 3.8) is 0 Å². The zero-order valence-electron chi connectivity index (χ0n) is 13.4. The topological polar surface area (TPSA) is 64.4 Å². The van der Waals surface area contributed by atoms with E-state index in [0.29, 0.717) is 17.7 Å². The quantitative estimate of drug-likeness (QED) is 0.832. The maximum Gasteiger partial charge on any atom is 0.422 e. The lowest BCUT2D eigenvalue weighted by molar-refractivity contribution is -0.153. The molecule has 0 aliphatic heterocycles. The summed E-state index contributed by atoms with van der Waals surface area (Å²) < 4.78 is 41.2. The number of nitrogens with two attached hydrogens (primary N) is 1. The van der Waals surface area contributed by atoms with Crippen molar-refractivity contribution in [2.24, 2.45) is 11.7 Å². The molecule has 136 valence electrons. The van der Waals surface area contributed by atoms with Crippen LogP contribution >= 0.6 is 12.4 Å². The van der Waals surface area contributed by atoms with Crippen molar-refractivity contribution in [2.45, 2.75) is 44.8 Å². The number of nitrogens with one attached hydrogen (secondary N) is 1. The summed E-state index contributed by atoms with van der Waals surface area (Å²) in [4.78, 5) is 12.0. The Bertz CT molecular complexity index is 567. The van der Waals surface area contributed by atoms with E-state index in [0.717, 1.165) is 19.3 Å². The molecule has 1 fully saturated rings. The number of benzene rings is 1. The summed E-state index contributed by atoms with van der Waals surface area (Å²) >= 11 is 0. The van der Waals surface area contributed by atoms with Gasteiger partial charge >= 0.3 is 6.18 Å². The zero-order valence-corrected chi connectivity index (χ0v) is 14.2. The molecule has 3 N–H and O–H groups in total. The van der Waals surface area contributed by atoms with E-state index in [1.165, 1.54) is 12.1 Å². The van der Waals surface area contributed by atoms with E-state index >= 15 is 0 Å². The number of rotatable bonds is 5. The Kier molecular flexibility index (Phi) is 7.35. The number of carbonyl (C=O) groups excluding carboxylic acids is 1. The van der Waals surface area contributed by atoms with Gasteiger partial charge in [0.05, 0.1) is 0 Å². The third-order valence-electron chi connectivity index (χ3n) is 4.02. The molecule has 0 spiro atoms. The SMILES string of the molecule is Cc1cc(NC(=O)C[C@@H]2CCC[C@H]2N)ccc1OCC(F)(F)F.Cl. The van der Waals surface area contributed by atoms with Crippen LogP contribution in [0.15, 0.2) is 18.2 Å². The van der Waals surface area contributed by atoms with E-state index in [1.807, 2.05) is 0 Å². The molecule has 24 heavy (non-hydrogen) atoms. The van der Waals surface area contributed by atoms with Crippen LogP contribution in [0.3, 0.4) is 0 Å². The van der Waals surface area contributed by atoms with Gasteiger partial charge in [0.1, 0.15) is 5.75 Å². The number of hydrogen-bond donors (Lipinski definition) is 2. The lowest BCUT2D eigenvalue weighted by atomic mass is 10.00. The maximum atomic E-state index is 12.2. The number of ether oxygens (including phenoxy) is 1. The van der Waals surface area contributed by atoms with Gasteiger partial charge in [-0.25, -0.2) is 0 Å². The van der Waals surface area contributed by atoms with Crippen LogP contribution in [0.1, 0.15) is 31.2 Å². The summed E-state index contributed by atoms with van der Waals surface area (Å²) in [7, 11) is 0. The third kappa shape index (κ3) is 6.20. The van der Waals surface area contributed by atoms with Gasteiger partial charge < -0.3 is 15.8 Å². The molecule has 0 radical (unpaired) electrons. The van der Waals surface area contributed by atoms with Gasteiger partial charge in [-0.2, -0.15) is 13.2 Å². The van der Waals surface area contributed by atoms with Crippen molar-refractivity contribution in [2.75, 3.05) is 11.9 Å². The van der Waals surface area contributed by atoms with E-state index < -0.39 is 12.8 Å². The monoisotopic (exact) mass is 366 g/mol. The van der Waals surface area contributed by atoms with Crippen molar-refractivity contribution in [3.8, 4) is 5.75 Å². The van der Waals surface area contributed by atoms with Crippen molar-refractivity contribution >= 4 is 24.0 Å². The van der Waals surface area contributed by atoms with Crippen LogP contribution in [-0.4, -0.2) is 24.7 Å². The first-order valence-electron chi connectivity index (χ1n) is 7.60. The minimum absolute atomic E-state index is 0. The minimum atomic E-state index is -4.38. The van der Waals surface area contributed by atoms with Crippen LogP contribution in [0.2, 0.25) is 0 Å². The Morgan fingerprint density at radius 1 is 1.38 bits per heavy atom. The van der Waals surface area contributed by atoms with Gasteiger partial charge in [-0.15, -0.1) is 12.4 Å². The Hall–Kier alpha value is -1.47. The highest BCUT2D eigenvalue weighted by molar-refractivity contribution is 5.91. The van der Waals surface area contributed by atoms with E-state index in [2.05, 4.69) is 5.32 Å². The smallest absolute Gasteiger partial charge is 0.422 e. The molecule has 0 aromatic heterocycles. The molecule has 1 aliphatic carbocycles. The molecule has 1 saturated carbocycles. The van der Waals surface area contributed by atoms with Crippen molar-refractivity contribution in [1.82, 2.24) is 0 Å². The molecule has 1 amide bonds. The number of hydrogen-bond acceptors (Lipinski definition) is 3. The normalized spacial score (nSPS) is 20.4. The highest BCUT2D eigenvalue weighted by Gasteiger charge is 2.29. The Morgan fingerprint density at radius 3 is 2.62 bits per heavy atom. The van der Waals surface area contributed by atoms with Gasteiger partial charge in [-0.3, -0.25) is 4.79 Å². The van der Waals surface area contributed by atoms with Crippen LogP contribution in [-0.2, 0) is 4.79 Å². The number of alkyl halides is 3. The Morgan fingerprint density at radius 2 is 2.08 bits per heavy atom. The van der Waals surface area contributed by atoms with Gasteiger partial charge in [0, 0.05) is 18.2 Å². The second-order valence-electron chi connectivity index (χ2n) is 5.99. The summed E-state index contributed by atoms with van der Waals surface area (Å²) in [6.45, 7) is 0.299. The fraction of sp³-hybridized carbons (Fsp3) is 0.562. The fourth-order valence-electron chi connectivity index (χ4n) is 2.82. The summed E-state index contributed by atoms with van der Waals surface area (Å²) in [6.07, 6.45) is -1.06. The Balaban J connectivity index is 0.00000288. The lowest BCUT2D eigenvalue weighted by Gasteiger charge is -2.16. The first kappa shape index (κ1) is 20.6. The van der Waals surface area contributed by atoms with Gasteiger partial charge in [-0.1, -0.05) is 6.42 Å². The van der Waals surface area contributed by atoms with Crippen molar-refractivity contribution < 1.29 is 22.7 Å². The molecule has 0 heterocycles. The number of anilines is 1. The molecule has 1 aliphatic rings. The molecular formula is C16H22ClF3N2O2. The predicted molar refractivity (Wildman–Crippen MR) is 88.5 cm³/mol. The fourth-order valence-corrected chi connectivity index (χ4v) is 2.82. The average Bonchev–Trinajstić information content (AvgIpc) is 2.82. The maximum absolute atomic E-state index is 12.2. The molecule has 2 rings (SSSR count). The summed E-state index contributed by atoms with van der Waals surface area (Å²) in [5.74, 6) is 0.222. The number of amides is 1. The van der Waals surface area contributed by atoms with Crippen molar-refractivity contribution in [1.29, 1.82) is 0 Å². The second kappa shape index (κ2) is 8.58. The molecule has 8 heteroatoms. The van der Waals surface area contributed by atoms with E-state index in [1.54, 1.807) is 13.0 Å². The zero-order chi connectivity index (χ0) is 17.0. The van der Waals surface area contributed by atoms with Crippen LogP contribution in [0.25, 0.3) is 0 Å². The third-order valence-corrected chi connectivity index (χ3v) is 4.02. The first-order chi connectivity index (χ1) is 10.7. The molecule has 0 saturated heterocycles. The molecule has 1 aromatic carbocycles. The number of aryl methyl sites for hydroxylation is 1. The first-order valence-corrected chi connectivity index (χ1v) is 7.60. The highest BCUT2D eigenvalue weighted by atomic mass is 35.5. The van der Waals surface area contributed by atoms with Crippen LogP contribution in [0, 0.1) is 12.8 Å². The van der Waals surface area contributed by atoms with Crippen LogP contribution in [0.5, 0.6) is 5.75 Å². The summed E-state index contributed by atoms with van der Waals surface area (Å²) in [5, 5.41) is 2.76. The van der Waals surface area contributed by atoms with E-state index in [4.69, 9.17) is 10.5 Å².